The molecule has 4 rings (SSSR count). The molecule has 6 amide bonds. The summed E-state index contributed by atoms with van der Waals surface area (Å²) in [6, 6.07) is 2.20. The first kappa shape index (κ1) is 44.6. The van der Waals surface area contributed by atoms with Gasteiger partial charge in [-0.05, 0) is 36.7 Å². The van der Waals surface area contributed by atoms with Gasteiger partial charge in [-0.15, -0.1) is 0 Å². The molecule has 7 unspecified atom stereocenters. The predicted octanol–water partition coefficient (Wildman–Crippen LogP) is 0.772. The number of hydrogen-bond acceptors (Lipinski definition) is 9. The fourth-order valence-electron chi connectivity index (χ4n) is 6.88. The summed E-state index contributed by atoms with van der Waals surface area (Å²) in [5.41, 5.74) is 1.21. The summed E-state index contributed by atoms with van der Waals surface area (Å²) in [4.78, 5) is 109. The number of imidazole rings is 2. The number of aromatic amines is 2. The van der Waals surface area contributed by atoms with Crippen molar-refractivity contribution in [2.45, 2.75) is 116 Å². The third-order valence-corrected chi connectivity index (χ3v) is 10.1. The Morgan fingerprint density at radius 1 is 0.845 bits per heavy atom. The normalized spacial score (nSPS) is 16.9. The Morgan fingerprint density at radius 3 is 2.10 bits per heavy atom. The number of hydrogen-bond donors (Lipinski definition) is 8. The van der Waals surface area contributed by atoms with E-state index in [0.717, 1.165) is 0 Å². The number of likely N-dealkylation sites (tertiary alicyclic amines) is 1. The highest BCUT2D eigenvalue weighted by molar-refractivity contribution is 5.97. The lowest BCUT2D eigenvalue weighted by Crippen LogP contribution is -2.60. The van der Waals surface area contributed by atoms with E-state index >= 15 is 0 Å². The van der Waals surface area contributed by atoms with Gasteiger partial charge in [-0.3, -0.25) is 28.8 Å². The van der Waals surface area contributed by atoms with E-state index in [0.29, 0.717) is 29.9 Å². The molecule has 18 nitrogen and oxygen atoms in total. The minimum atomic E-state index is -1.25. The van der Waals surface area contributed by atoms with Crippen LogP contribution in [0.3, 0.4) is 0 Å². The first-order valence-corrected chi connectivity index (χ1v) is 19.7. The molecule has 0 aliphatic carbocycles. The average molecular weight is 805 g/mol. The summed E-state index contributed by atoms with van der Waals surface area (Å²) >= 11 is 0. The fraction of sp³-hybridized carbons (Fsp3) is 0.525. The monoisotopic (exact) mass is 804 g/mol. The van der Waals surface area contributed by atoms with Crippen molar-refractivity contribution in [2.24, 2.45) is 11.8 Å². The summed E-state index contributed by atoms with van der Waals surface area (Å²) in [6.07, 6.45) is 7.44. The average Bonchev–Trinajstić information content (AvgIpc) is 4.00. The van der Waals surface area contributed by atoms with Gasteiger partial charge in [0.05, 0.1) is 6.33 Å². The smallest absolute Gasteiger partial charge is 0.326 e. The third-order valence-electron chi connectivity index (χ3n) is 10.1. The Kier molecular flexibility index (Phi) is 16.5. The predicted molar refractivity (Wildman–Crippen MR) is 211 cm³/mol. The topological polar surface area (TPSA) is 260 Å². The number of carbonyl (C=O) groups excluding carboxylic acids is 6. The van der Waals surface area contributed by atoms with Crippen LogP contribution in [0.1, 0.15) is 77.4 Å². The minimum absolute atomic E-state index is 0.0194. The van der Waals surface area contributed by atoms with E-state index < -0.39 is 77.7 Å². The van der Waals surface area contributed by atoms with Crippen LogP contribution >= 0.6 is 0 Å². The molecular weight excluding hydrogens is 749 g/mol. The number of nitrogens with zero attached hydrogens (tertiary/aromatic N) is 3. The van der Waals surface area contributed by atoms with Gasteiger partial charge < -0.3 is 46.6 Å². The highest BCUT2D eigenvalue weighted by atomic mass is 16.4. The second-order valence-electron chi connectivity index (χ2n) is 15.2. The number of carboxylic acids is 1. The van der Waals surface area contributed by atoms with Gasteiger partial charge in [-0.1, -0.05) is 64.4 Å². The SMILES string of the molecule is CCC(C)C(NC(C)=O)C(=O)NC(Cc1ncc[nH]1)C(=O)N1CCCC1C(=O)NC(Cc1ccccc1)C(=O)NC(Cc1cnc[nH]1)C(=O)NC(CC(C)C)C(=O)O. The lowest BCUT2D eigenvalue weighted by molar-refractivity contribution is -0.143. The summed E-state index contributed by atoms with van der Waals surface area (Å²) < 4.78 is 0. The lowest BCUT2D eigenvalue weighted by Gasteiger charge is -2.31. The minimum Gasteiger partial charge on any atom is -0.480 e. The molecule has 0 spiro atoms. The molecule has 3 aromatic rings. The largest absolute Gasteiger partial charge is 0.480 e. The van der Waals surface area contributed by atoms with Gasteiger partial charge >= 0.3 is 5.97 Å². The number of benzene rings is 1. The van der Waals surface area contributed by atoms with Crippen LogP contribution in [0, 0.1) is 11.8 Å². The van der Waals surface area contributed by atoms with E-state index in [4.69, 9.17) is 0 Å². The molecule has 0 saturated carbocycles. The van der Waals surface area contributed by atoms with Crippen molar-refractivity contribution in [3.05, 3.63) is 72.3 Å². The van der Waals surface area contributed by atoms with Crippen molar-refractivity contribution in [3.8, 4) is 0 Å². The van der Waals surface area contributed by atoms with Gasteiger partial charge in [0, 0.05) is 57.0 Å². The van der Waals surface area contributed by atoms with E-state index in [-0.39, 0.29) is 50.5 Å². The molecular formula is C40H56N10O8. The van der Waals surface area contributed by atoms with Crippen molar-refractivity contribution in [3.63, 3.8) is 0 Å². The first-order chi connectivity index (χ1) is 27.7. The van der Waals surface area contributed by atoms with Gasteiger partial charge in [-0.2, -0.15) is 0 Å². The van der Waals surface area contributed by atoms with E-state index in [1.165, 1.54) is 30.5 Å². The second kappa shape index (κ2) is 21.5. The number of carboxylic acid groups (broad SMARTS) is 1. The van der Waals surface area contributed by atoms with Crippen molar-refractivity contribution in [1.29, 1.82) is 0 Å². The third kappa shape index (κ3) is 13.0. The Labute approximate surface area is 337 Å². The molecule has 1 aliphatic rings. The second-order valence-corrected chi connectivity index (χ2v) is 15.2. The molecule has 0 radical (unpaired) electrons. The molecule has 3 heterocycles. The number of amides is 6. The van der Waals surface area contributed by atoms with E-state index in [1.54, 1.807) is 36.5 Å². The number of nitrogens with one attached hydrogen (secondary N) is 7. The van der Waals surface area contributed by atoms with Crippen molar-refractivity contribution >= 4 is 41.4 Å². The zero-order chi connectivity index (χ0) is 42.4. The van der Waals surface area contributed by atoms with Crippen LogP contribution in [-0.2, 0) is 52.8 Å². The highest BCUT2D eigenvalue weighted by Gasteiger charge is 2.40. The highest BCUT2D eigenvalue weighted by Crippen LogP contribution is 2.21. The molecule has 314 valence electrons. The molecule has 0 bridgehead atoms. The van der Waals surface area contributed by atoms with Crippen molar-refractivity contribution < 1.29 is 38.7 Å². The Morgan fingerprint density at radius 2 is 1.52 bits per heavy atom. The molecule has 58 heavy (non-hydrogen) atoms. The quantitative estimate of drug-likeness (QED) is 0.0750. The Balaban J connectivity index is 1.58. The van der Waals surface area contributed by atoms with Gasteiger partial charge in [0.1, 0.15) is 42.1 Å². The van der Waals surface area contributed by atoms with Crippen LogP contribution in [-0.4, -0.2) is 114 Å². The maximum Gasteiger partial charge on any atom is 0.326 e. The van der Waals surface area contributed by atoms with Crippen LogP contribution in [0.4, 0.5) is 0 Å². The fourth-order valence-corrected chi connectivity index (χ4v) is 6.88. The Bertz CT molecular complexity index is 1840. The molecule has 1 saturated heterocycles. The van der Waals surface area contributed by atoms with Gasteiger partial charge in [0.15, 0.2) is 0 Å². The van der Waals surface area contributed by atoms with Crippen molar-refractivity contribution in [1.82, 2.24) is 51.4 Å². The van der Waals surface area contributed by atoms with Crippen LogP contribution in [0.15, 0.2) is 55.2 Å². The number of rotatable bonds is 21. The number of aromatic nitrogens is 4. The molecule has 2 aromatic heterocycles. The number of aliphatic carboxylic acids is 1. The van der Waals surface area contributed by atoms with Gasteiger partial charge in [0.25, 0.3) is 0 Å². The zero-order valence-electron chi connectivity index (χ0n) is 33.6. The molecule has 1 aromatic carbocycles. The van der Waals surface area contributed by atoms with Gasteiger partial charge in [-0.25, -0.2) is 14.8 Å². The van der Waals surface area contributed by atoms with E-state index in [9.17, 15) is 38.7 Å². The summed E-state index contributed by atoms with van der Waals surface area (Å²) in [6.45, 7) is 8.87. The van der Waals surface area contributed by atoms with Crippen LogP contribution < -0.4 is 26.6 Å². The first-order valence-electron chi connectivity index (χ1n) is 19.7. The van der Waals surface area contributed by atoms with E-state index in [2.05, 4.69) is 46.5 Å². The van der Waals surface area contributed by atoms with Crippen LogP contribution in [0.2, 0.25) is 0 Å². The number of H-pyrrole nitrogens is 2. The summed E-state index contributed by atoms with van der Waals surface area (Å²) in [5, 5.41) is 23.4. The Hall–Kier alpha value is -6.07. The molecule has 1 fully saturated rings. The summed E-state index contributed by atoms with van der Waals surface area (Å²) in [5.74, 6) is -4.63. The molecule has 8 N–H and O–H groups in total. The van der Waals surface area contributed by atoms with Gasteiger partial charge in [0.2, 0.25) is 35.4 Å². The van der Waals surface area contributed by atoms with Crippen molar-refractivity contribution in [2.75, 3.05) is 6.54 Å². The standard InChI is InChI=1S/C40H56N10O8/c1-6-24(4)34(45-25(5)51)38(55)48-30(20-33-42-14-15-43-33)39(56)50-16-10-13-32(50)37(54)47-28(18-26-11-8-7-9-12-26)35(52)46-29(19-27-21-41-22-44-27)36(53)49-31(40(57)58)17-23(2)3/h7-9,11-12,14-15,21-24,28-32,34H,6,10,13,16-20H2,1-5H3,(H,41,44)(H,42,43)(H,45,51)(H,46,52)(H,47,54)(H,48,55)(H,49,53)(H,57,58). The zero-order valence-corrected chi connectivity index (χ0v) is 33.6. The number of carbonyl (C=O) groups is 7. The van der Waals surface area contributed by atoms with Crippen LogP contribution in [0.5, 0.6) is 0 Å². The summed E-state index contributed by atoms with van der Waals surface area (Å²) in [7, 11) is 0. The molecule has 7 atom stereocenters. The lowest BCUT2D eigenvalue weighted by atomic mass is 9.97. The maximum absolute atomic E-state index is 14.3. The molecule has 1 aliphatic heterocycles. The molecule has 18 heteroatoms. The van der Waals surface area contributed by atoms with E-state index in [1.807, 2.05) is 27.7 Å². The van der Waals surface area contributed by atoms with Crippen LogP contribution in [0.25, 0.3) is 0 Å². The maximum atomic E-state index is 14.3.